The van der Waals surface area contributed by atoms with Crippen molar-refractivity contribution in [3.63, 3.8) is 0 Å². The minimum Gasteiger partial charge on any atom is -0.467 e. The van der Waals surface area contributed by atoms with Gasteiger partial charge in [-0.25, -0.2) is 4.98 Å². The Labute approximate surface area is 192 Å². The summed E-state index contributed by atoms with van der Waals surface area (Å²) in [6.45, 7) is 6.06. The van der Waals surface area contributed by atoms with E-state index in [9.17, 15) is 4.79 Å². The third-order valence-corrected chi connectivity index (χ3v) is 5.88. The molecular formula is C25H26N6O2. The first-order valence-electron chi connectivity index (χ1n) is 11.0. The maximum absolute atomic E-state index is 13.3. The Bertz CT molecular complexity index is 1330. The Balaban J connectivity index is 1.53. The van der Waals surface area contributed by atoms with Crippen LogP contribution in [-0.2, 0) is 0 Å². The van der Waals surface area contributed by atoms with Gasteiger partial charge in [-0.1, -0.05) is 18.2 Å². The molecular weight excluding hydrogens is 416 g/mol. The first-order chi connectivity index (χ1) is 16.0. The molecule has 8 heteroatoms. The van der Waals surface area contributed by atoms with Crippen LogP contribution in [0.1, 0.15) is 24.2 Å². The molecule has 2 N–H and O–H groups in total. The molecule has 2 aromatic carbocycles. The summed E-state index contributed by atoms with van der Waals surface area (Å²) >= 11 is 0. The van der Waals surface area contributed by atoms with Crippen LogP contribution < -0.4 is 20.3 Å². The summed E-state index contributed by atoms with van der Waals surface area (Å²) in [5.74, 6) is -0.258. The zero-order valence-corrected chi connectivity index (χ0v) is 18.9. The molecule has 0 aliphatic carbocycles. The van der Waals surface area contributed by atoms with Crippen LogP contribution in [0.25, 0.3) is 21.8 Å². The Hall–Kier alpha value is -3.78. The van der Waals surface area contributed by atoms with Crippen molar-refractivity contribution in [1.82, 2.24) is 20.3 Å². The van der Waals surface area contributed by atoms with E-state index < -0.39 is 0 Å². The molecule has 3 heterocycles. The van der Waals surface area contributed by atoms with E-state index in [-0.39, 0.29) is 11.9 Å². The maximum atomic E-state index is 13.3. The number of anilines is 2. The zero-order chi connectivity index (χ0) is 22.9. The number of piperazine rings is 1. The third-order valence-electron chi connectivity index (χ3n) is 5.88. The van der Waals surface area contributed by atoms with Gasteiger partial charge in [-0.3, -0.25) is 9.78 Å². The maximum Gasteiger partial charge on any atom is 0.316 e. The lowest BCUT2D eigenvalue weighted by atomic mass is 10.0. The molecule has 4 aromatic rings. The third kappa shape index (κ3) is 4.17. The number of ether oxygens (including phenoxy) is 1. The molecule has 0 unspecified atom stereocenters. The largest absolute Gasteiger partial charge is 0.467 e. The monoisotopic (exact) mass is 442 g/mol. The molecule has 2 atom stereocenters. The molecule has 1 aliphatic heterocycles. The number of para-hydroxylation sites is 1. The molecule has 5 rings (SSSR count). The molecule has 1 fully saturated rings. The number of hydrogen-bond acceptors (Lipinski definition) is 7. The normalized spacial score (nSPS) is 18.5. The number of fused-ring (bicyclic) bond motifs is 2. The quantitative estimate of drug-likeness (QED) is 0.499. The van der Waals surface area contributed by atoms with Crippen LogP contribution in [0.2, 0.25) is 0 Å². The van der Waals surface area contributed by atoms with E-state index in [2.05, 4.69) is 44.3 Å². The van der Waals surface area contributed by atoms with E-state index in [1.807, 2.05) is 42.5 Å². The van der Waals surface area contributed by atoms with Gasteiger partial charge < -0.3 is 20.3 Å². The fourth-order valence-electron chi connectivity index (χ4n) is 4.51. The van der Waals surface area contributed by atoms with Gasteiger partial charge >= 0.3 is 6.01 Å². The average Bonchev–Trinajstić information content (AvgIpc) is 2.82. The molecule has 0 bridgehead atoms. The standard InChI is InChI=1S/C25H26N6O2/c1-15-13-31(14-16(2)28-15)22-9-8-19(23-20(22)12-27-25(30-23)33-3)24(32)29-18-10-17-6-4-5-7-21(17)26-11-18/h4-12,15-16,28H,13-14H2,1-3H3,(H,29,32)/t15-,16-/m1/s1. The van der Waals surface area contributed by atoms with Crippen molar-refractivity contribution in [3.05, 3.63) is 60.4 Å². The SMILES string of the molecule is COc1ncc2c(N3C[C@@H](C)N[C@H](C)C3)ccc(C(=O)Nc3cnc4ccccc4c3)c2n1. The fourth-order valence-corrected chi connectivity index (χ4v) is 4.51. The topological polar surface area (TPSA) is 92.3 Å². The second-order valence-corrected chi connectivity index (χ2v) is 8.50. The number of pyridine rings is 1. The average molecular weight is 443 g/mol. The van der Waals surface area contributed by atoms with E-state index in [4.69, 9.17) is 4.74 Å². The number of carbonyl (C=O) groups excluding carboxylic acids is 1. The number of aromatic nitrogens is 3. The zero-order valence-electron chi connectivity index (χ0n) is 18.9. The Morgan fingerprint density at radius 2 is 1.88 bits per heavy atom. The molecule has 0 spiro atoms. The number of nitrogens with zero attached hydrogens (tertiary/aromatic N) is 4. The van der Waals surface area contributed by atoms with Gasteiger partial charge in [0, 0.05) is 47.8 Å². The predicted octanol–water partition coefficient (Wildman–Crippen LogP) is 3.63. The predicted molar refractivity (Wildman–Crippen MR) is 130 cm³/mol. The van der Waals surface area contributed by atoms with E-state index >= 15 is 0 Å². The molecule has 2 aromatic heterocycles. The highest BCUT2D eigenvalue weighted by atomic mass is 16.5. The fraction of sp³-hybridized carbons (Fsp3) is 0.280. The van der Waals surface area contributed by atoms with Gasteiger partial charge in [-0.05, 0) is 38.1 Å². The Kier molecular flexibility index (Phi) is 5.51. The second-order valence-electron chi connectivity index (χ2n) is 8.50. The van der Waals surface area contributed by atoms with Gasteiger partial charge in [0.1, 0.15) is 0 Å². The second kappa shape index (κ2) is 8.63. The number of hydrogen-bond donors (Lipinski definition) is 2. The smallest absolute Gasteiger partial charge is 0.316 e. The highest BCUT2D eigenvalue weighted by molar-refractivity contribution is 6.14. The van der Waals surface area contributed by atoms with E-state index in [1.54, 1.807) is 12.4 Å². The van der Waals surface area contributed by atoms with Crippen molar-refractivity contribution in [3.8, 4) is 6.01 Å². The minimum atomic E-state index is -0.258. The summed E-state index contributed by atoms with van der Waals surface area (Å²) in [6.07, 6.45) is 3.40. The number of benzene rings is 2. The van der Waals surface area contributed by atoms with Gasteiger partial charge in [0.05, 0.1) is 35.6 Å². The first-order valence-corrected chi connectivity index (χ1v) is 11.0. The van der Waals surface area contributed by atoms with Crippen LogP contribution >= 0.6 is 0 Å². The van der Waals surface area contributed by atoms with Gasteiger partial charge in [0.2, 0.25) is 0 Å². The highest BCUT2D eigenvalue weighted by Crippen LogP contribution is 2.31. The van der Waals surface area contributed by atoms with Gasteiger partial charge in [-0.2, -0.15) is 4.98 Å². The van der Waals surface area contributed by atoms with Crippen molar-refractivity contribution in [2.24, 2.45) is 0 Å². The molecule has 168 valence electrons. The Morgan fingerprint density at radius 3 is 2.67 bits per heavy atom. The van der Waals surface area contributed by atoms with Crippen molar-refractivity contribution in [2.75, 3.05) is 30.4 Å². The van der Waals surface area contributed by atoms with E-state index in [0.29, 0.717) is 28.9 Å². The van der Waals surface area contributed by atoms with Gasteiger partial charge in [0.15, 0.2) is 0 Å². The van der Waals surface area contributed by atoms with Crippen molar-refractivity contribution >= 4 is 39.1 Å². The summed E-state index contributed by atoms with van der Waals surface area (Å²) in [4.78, 5) is 28.9. The number of methoxy groups -OCH3 is 1. The summed E-state index contributed by atoms with van der Waals surface area (Å²) in [6, 6.07) is 14.4. The van der Waals surface area contributed by atoms with Crippen LogP contribution in [0, 0.1) is 0 Å². The number of nitrogens with one attached hydrogen (secondary N) is 2. The molecule has 33 heavy (non-hydrogen) atoms. The van der Waals surface area contributed by atoms with E-state index in [0.717, 1.165) is 35.1 Å². The minimum absolute atomic E-state index is 0.225. The van der Waals surface area contributed by atoms with Crippen LogP contribution in [0.4, 0.5) is 11.4 Å². The summed E-state index contributed by atoms with van der Waals surface area (Å²) in [5.41, 5.74) is 3.53. The molecule has 8 nitrogen and oxygen atoms in total. The number of carbonyl (C=O) groups is 1. The number of rotatable bonds is 4. The van der Waals surface area contributed by atoms with Crippen LogP contribution in [0.15, 0.2) is 54.9 Å². The molecule has 0 radical (unpaired) electrons. The molecule has 1 amide bonds. The van der Waals surface area contributed by atoms with Crippen LogP contribution in [0.3, 0.4) is 0 Å². The van der Waals surface area contributed by atoms with Crippen molar-refractivity contribution in [1.29, 1.82) is 0 Å². The van der Waals surface area contributed by atoms with Gasteiger partial charge in [0.25, 0.3) is 5.91 Å². The van der Waals surface area contributed by atoms with Crippen LogP contribution in [-0.4, -0.2) is 53.1 Å². The van der Waals surface area contributed by atoms with Crippen molar-refractivity contribution in [2.45, 2.75) is 25.9 Å². The summed E-state index contributed by atoms with van der Waals surface area (Å²) < 4.78 is 5.26. The lowest BCUT2D eigenvalue weighted by Crippen LogP contribution is -2.54. The lowest BCUT2D eigenvalue weighted by molar-refractivity contribution is 0.102. The van der Waals surface area contributed by atoms with Crippen molar-refractivity contribution < 1.29 is 9.53 Å². The Morgan fingerprint density at radius 1 is 1.09 bits per heavy atom. The molecule has 0 saturated carbocycles. The lowest BCUT2D eigenvalue weighted by Gasteiger charge is -2.38. The molecule has 1 aliphatic rings. The summed E-state index contributed by atoms with van der Waals surface area (Å²) in [7, 11) is 1.52. The first kappa shape index (κ1) is 21.1. The molecule has 1 saturated heterocycles. The van der Waals surface area contributed by atoms with E-state index in [1.165, 1.54) is 7.11 Å². The highest BCUT2D eigenvalue weighted by Gasteiger charge is 2.24. The number of amides is 1. The van der Waals surface area contributed by atoms with Crippen LogP contribution in [0.5, 0.6) is 6.01 Å². The van der Waals surface area contributed by atoms with Gasteiger partial charge in [-0.15, -0.1) is 0 Å². The summed E-state index contributed by atoms with van der Waals surface area (Å²) in [5, 5.41) is 8.30.